The molecule has 1 spiro atoms. The van der Waals surface area contributed by atoms with Crippen molar-refractivity contribution in [3.05, 3.63) is 40.7 Å². The lowest BCUT2D eigenvalue weighted by molar-refractivity contribution is -0.119. The average molecular weight is 301 g/mol. The summed E-state index contributed by atoms with van der Waals surface area (Å²) in [6.45, 7) is 2.59. The SMILES string of the molecule is Cc1cc(F)c2c3c1OC1CC(=O)C=CC31CCN(C=O)C2. The number of ether oxygens (including phenoxy) is 1. The van der Waals surface area contributed by atoms with Gasteiger partial charge in [-0.2, -0.15) is 0 Å². The Balaban J connectivity index is 2.00. The topological polar surface area (TPSA) is 46.6 Å². The van der Waals surface area contributed by atoms with Crippen molar-refractivity contribution in [2.24, 2.45) is 0 Å². The second-order valence-electron chi connectivity index (χ2n) is 6.33. The molecule has 22 heavy (non-hydrogen) atoms. The van der Waals surface area contributed by atoms with Crippen LogP contribution in [-0.4, -0.2) is 29.7 Å². The van der Waals surface area contributed by atoms with Crippen molar-refractivity contribution in [1.82, 2.24) is 4.90 Å². The Morgan fingerprint density at radius 1 is 1.50 bits per heavy atom. The van der Waals surface area contributed by atoms with Crippen LogP contribution < -0.4 is 4.74 Å². The minimum absolute atomic E-state index is 0.0274. The van der Waals surface area contributed by atoms with E-state index in [2.05, 4.69) is 0 Å². The quantitative estimate of drug-likeness (QED) is 0.746. The Kier molecular flexibility index (Phi) is 2.71. The van der Waals surface area contributed by atoms with Crippen LogP contribution in [0.1, 0.15) is 29.5 Å². The molecule has 0 radical (unpaired) electrons. The first-order valence-corrected chi connectivity index (χ1v) is 7.45. The third-order valence-corrected chi connectivity index (χ3v) is 5.09. The lowest BCUT2D eigenvalue weighted by atomic mass is 9.69. The van der Waals surface area contributed by atoms with E-state index in [0.29, 0.717) is 30.7 Å². The smallest absolute Gasteiger partial charge is 0.210 e. The number of allylic oxidation sites excluding steroid dienone is 1. The number of amides is 1. The summed E-state index contributed by atoms with van der Waals surface area (Å²) in [7, 11) is 0. The number of aryl methyl sites for hydroxylation is 1. The second kappa shape index (κ2) is 4.41. The number of rotatable bonds is 1. The average Bonchev–Trinajstić information content (AvgIpc) is 2.72. The van der Waals surface area contributed by atoms with Crippen LogP contribution in [0, 0.1) is 12.7 Å². The van der Waals surface area contributed by atoms with E-state index >= 15 is 0 Å². The minimum Gasteiger partial charge on any atom is -0.488 e. The predicted octanol–water partition coefficient (Wildman–Crippen LogP) is 2.02. The predicted molar refractivity (Wildman–Crippen MR) is 77.1 cm³/mol. The zero-order valence-corrected chi connectivity index (χ0v) is 12.3. The molecule has 1 aliphatic carbocycles. The Morgan fingerprint density at radius 3 is 3.09 bits per heavy atom. The number of nitrogens with zero attached hydrogens (tertiary/aromatic N) is 1. The fraction of sp³-hybridized carbons (Fsp3) is 0.412. The zero-order chi connectivity index (χ0) is 15.5. The Hall–Kier alpha value is -2.17. The monoisotopic (exact) mass is 301 g/mol. The number of carbonyl (C=O) groups is 2. The van der Waals surface area contributed by atoms with Gasteiger partial charge >= 0.3 is 0 Å². The lowest BCUT2D eigenvalue weighted by Gasteiger charge is -2.33. The number of halogens is 1. The highest BCUT2D eigenvalue weighted by molar-refractivity contribution is 5.92. The van der Waals surface area contributed by atoms with Gasteiger partial charge in [0, 0.05) is 30.6 Å². The molecule has 2 aliphatic heterocycles. The molecule has 1 amide bonds. The lowest BCUT2D eigenvalue weighted by Crippen LogP contribution is -2.41. The highest BCUT2D eigenvalue weighted by Crippen LogP contribution is 2.53. The molecular weight excluding hydrogens is 285 g/mol. The molecule has 4 rings (SSSR count). The van der Waals surface area contributed by atoms with Crippen molar-refractivity contribution >= 4 is 12.2 Å². The van der Waals surface area contributed by atoms with Crippen LogP contribution in [0.5, 0.6) is 5.75 Å². The van der Waals surface area contributed by atoms with Crippen LogP contribution >= 0.6 is 0 Å². The van der Waals surface area contributed by atoms with Crippen LogP contribution in [0.3, 0.4) is 0 Å². The standard InChI is InChI=1S/C17H16FNO3/c1-10-6-13(18)12-8-19(9-20)5-4-17-3-2-11(21)7-14(17)22-16(10)15(12)17/h2-3,6,9,14H,4-5,7-8H2,1H3. The summed E-state index contributed by atoms with van der Waals surface area (Å²) < 4.78 is 20.6. The van der Waals surface area contributed by atoms with Gasteiger partial charge < -0.3 is 9.64 Å². The van der Waals surface area contributed by atoms with Crippen LogP contribution in [0.25, 0.3) is 0 Å². The molecule has 5 heteroatoms. The Bertz CT molecular complexity index is 727. The van der Waals surface area contributed by atoms with Crippen molar-refractivity contribution in [3.8, 4) is 5.75 Å². The van der Waals surface area contributed by atoms with E-state index in [-0.39, 0.29) is 24.2 Å². The Morgan fingerprint density at radius 2 is 2.32 bits per heavy atom. The fourth-order valence-corrected chi connectivity index (χ4v) is 3.98. The molecule has 0 N–H and O–H groups in total. The number of ketones is 1. The molecule has 0 saturated carbocycles. The van der Waals surface area contributed by atoms with E-state index in [0.717, 1.165) is 17.5 Å². The maximum atomic E-state index is 14.5. The van der Waals surface area contributed by atoms with Gasteiger partial charge in [0.2, 0.25) is 6.41 Å². The highest BCUT2D eigenvalue weighted by atomic mass is 19.1. The molecular formula is C17H16FNO3. The highest BCUT2D eigenvalue weighted by Gasteiger charge is 2.52. The van der Waals surface area contributed by atoms with Gasteiger partial charge in [-0.3, -0.25) is 9.59 Å². The number of carbonyl (C=O) groups excluding carboxylic acids is 2. The summed E-state index contributed by atoms with van der Waals surface area (Å²) in [6.07, 6.45) is 4.85. The molecule has 4 nitrogen and oxygen atoms in total. The molecule has 0 aromatic heterocycles. The van der Waals surface area contributed by atoms with Gasteiger partial charge in [-0.05, 0) is 31.1 Å². The zero-order valence-electron chi connectivity index (χ0n) is 12.3. The maximum Gasteiger partial charge on any atom is 0.210 e. The van der Waals surface area contributed by atoms with E-state index in [1.807, 2.05) is 13.0 Å². The summed E-state index contributed by atoms with van der Waals surface area (Å²) in [5.41, 5.74) is 1.60. The summed E-state index contributed by atoms with van der Waals surface area (Å²) in [5.74, 6) is 0.409. The first-order valence-electron chi connectivity index (χ1n) is 7.45. The van der Waals surface area contributed by atoms with E-state index < -0.39 is 5.41 Å². The van der Waals surface area contributed by atoms with Crippen molar-refractivity contribution in [2.75, 3.05) is 6.54 Å². The van der Waals surface area contributed by atoms with Gasteiger partial charge in [0.15, 0.2) is 5.78 Å². The van der Waals surface area contributed by atoms with E-state index in [4.69, 9.17) is 4.74 Å². The molecule has 2 heterocycles. The van der Waals surface area contributed by atoms with Gasteiger partial charge in [0.25, 0.3) is 0 Å². The fourth-order valence-electron chi connectivity index (χ4n) is 3.98. The molecule has 1 aromatic carbocycles. The van der Waals surface area contributed by atoms with E-state index in [1.165, 1.54) is 6.07 Å². The minimum atomic E-state index is -0.497. The molecule has 1 aromatic rings. The molecule has 2 unspecified atom stereocenters. The van der Waals surface area contributed by atoms with Gasteiger partial charge in [-0.15, -0.1) is 0 Å². The molecule has 0 saturated heterocycles. The van der Waals surface area contributed by atoms with Crippen molar-refractivity contribution < 1.29 is 18.7 Å². The normalized spacial score (nSPS) is 28.7. The number of hydrogen-bond donors (Lipinski definition) is 0. The Labute approximate surface area is 127 Å². The number of hydrogen-bond acceptors (Lipinski definition) is 3. The number of benzene rings is 1. The summed E-state index contributed by atoms with van der Waals surface area (Å²) >= 11 is 0. The van der Waals surface area contributed by atoms with Crippen LogP contribution in [0.15, 0.2) is 18.2 Å². The second-order valence-corrected chi connectivity index (χ2v) is 6.33. The van der Waals surface area contributed by atoms with Gasteiger partial charge in [-0.1, -0.05) is 6.08 Å². The summed E-state index contributed by atoms with van der Waals surface area (Å²) in [6, 6.07) is 1.46. The van der Waals surface area contributed by atoms with Crippen LogP contribution in [0.2, 0.25) is 0 Å². The van der Waals surface area contributed by atoms with Gasteiger partial charge in [0.05, 0.1) is 5.41 Å². The molecule has 0 fully saturated rings. The van der Waals surface area contributed by atoms with Crippen molar-refractivity contribution in [2.45, 2.75) is 37.8 Å². The van der Waals surface area contributed by atoms with Crippen molar-refractivity contribution in [3.63, 3.8) is 0 Å². The van der Waals surface area contributed by atoms with Gasteiger partial charge in [0.1, 0.15) is 17.7 Å². The third-order valence-electron chi connectivity index (χ3n) is 5.09. The van der Waals surface area contributed by atoms with E-state index in [9.17, 15) is 14.0 Å². The largest absolute Gasteiger partial charge is 0.488 e. The molecule has 3 aliphatic rings. The van der Waals surface area contributed by atoms with E-state index in [1.54, 1.807) is 11.0 Å². The first-order chi connectivity index (χ1) is 10.5. The third kappa shape index (κ3) is 1.62. The summed E-state index contributed by atoms with van der Waals surface area (Å²) in [5, 5.41) is 0. The van der Waals surface area contributed by atoms with Crippen LogP contribution in [-0.2, 0) is 21.5 Å². The van der Waals surface area contributed by atoms with Crippen LogP contribution in [0.4, 0.5) is 4.39 Å². The molecule has 2 atom stereocenters. The van der Waals surface area contributed by atoms with Gasteiger partial charge in [-0.25, -0.2) is 4.39 Å². The van der Waals surface area contributed by atoms with Crippen molar-refractivity contribution in [1.29, 1.82) is 0 Å². The maximum absolute atomic E-state index is 14.5. The first kappa shape index (κ1) is 13.5. The summed E-state index contributed by atoms with van der Waals surface area (Å²) in [4.78, 5) is 24.6. The molecule has 114 valence electrons. The molecule has 0 bridgehead atoms.